The van der Waals surface area contributed by atoms with E-state index in [1.807, 2.05) is 30.0 Å². The first-order chi connectivity index (χ1) is 10.1. The van der Waals surface area contributed by atoms with Crippen molar-refractivity contribution in [3.63, 3.8) is 0 Å². The average molecular weight is 348 g/mol. The first-order valence-corrected chi connectivity index (χ1v) is 7.74. The highest BCUT2D eigenvalue weighted by Gasteiger charge is 2.28. The van der Waals surface area contributed by atoms with E-state index in [4.69, 9.17) is 0 Å². The topological polar surface area (TPSA) is 20.3 Å². The molecule has 1 heterocycles. The molecule has 0 fully saturated rings. The predicted molar refractivity (Wildman–Crippen MR) is 85.1 cm³/mol. The van der Waals surface area contributed by atoms with Crippen LogP contribution < -0.4 is 4.90 Å². The normalized spacial score (nSPS) is 17.5. The molecule has 3 rings (SSSR count). The van der Waals surface area contributed by atoms with Crippen molar-refractivity contribution < 1.29 is 9.18 Å². The molecule has 1 atom stereocenters. The molecule has 1 aliphatic heterocycles. The molecule has 2 aromatic rings. The minimum atomic E-state index is -0.362. The van der Waals surface area contributed by atoms with Gasteiger partial charge in [-0.3, -0.25) is 4.79 Å². The highest BCUT2D eigenvalue weighted by Crippen LogP contribution is 2.32. The molecule has 0 saturated heterocycles. The average Bonchev–Trinajstić information content (AvgIpc) is 2.49. The van der Waals surface area contributed by atoms with E-state index in [0.717, 1.165) is 18.5 Å². The third-order valence-corrected chi connectivity index (χ3v) is 4.52. The Labute approximate surface area is 131 Å². The Bertz CT molecular complexity index is 701. The number of fused-ring (bicyclic) bond motifs is 1. The van der Waals surface area contributed by atoms with Crippen molar-refractivity contribution in [2.45, 2.75) is 25.8 Å². The smallest absolute Gasteiger partial charge is 0.258 e. The van der Waals surface area contributed by atoms with E-state index >= 15 is 0 Å². The summed E-state index contributed by atoms with van der Waals surface area (Å²) in [7, 11) is 0. The van der Waals surface area contributed by atoms with E-state index in [1.54, 1.807) is 6.07 Å². The van der Waals surface area contributed by atoms with Gasteiger partial charge in [-0.2, -0.15) is 0 Å². The number of hydrogen-bond acceptors (Lipinski definition) is 1. The lowest BCUT2D eigenvalue weighted by atomic mass is 9.96. The monoisotopic (exact) mass is 347 g/mol. The molecule has 0 bridgehead atoms. The second-order valence-corrected chi connectivity index (χ2v) is 6.17. The molecule has 0 aromatic heterocycles. The molecular weight excluding hydrogens is 333 g/mol. The molecule has 1 amide bonds. The maximum atomic E-state index is 13.3. The van der Waals surface area contributed by atoms with E-state index in [0.29, 0.717) is 10.0 Å². The van der Waals surface area contributed by atoms with Crippen LogP contribution in [0.1, 0.15) is 29.3 Å². The molecule has 0 radical (unpaired) electrons. The Morgan fingerprint density at radius 1 is 1.29 bits per heavy atom. The first kappa shape index (κ1) is 14.3. The fraction of sp³-hybridized carbons (Fsp3) is 0.235. The van der Waals surface area contributed by atoms with Crippen molar-refractivity contribution in [3.05, 3.63) is 63.9 Å². The lowest BCUT2D eigenvalue weighted by Crippen LogP contribution is -2.42. The summed E-state index contributed by atoms with van der Waals surface area (Å²) in [4.78, 5) is 14.6. The van der Waals surface area contributed by atoms with Crippen molar-refractivity contribution in [2.75, 3.05) is 4.90 Å². The van der Waals surface area contributed by atoms with Crippen LogP contribution in [0.2, 0.25) is 0 Å². The number of anilines is 1. The number of benzene rings is 2. The predicted octanol–water partition coefficient (Wildman–Crippen LogP) is 4.57. The maximum Gasteiger partial charge on any atom is 0.258 e. The van der Waals surface area contributed by atoms with Crippen LogP contribution in [0.25, 0.3) is 0 Å². The Morgan fingerprint density at radius 3 is 2.81 bits per heavy atom. The second kappa shape index (κ2) is 5.60. The van der Waals surface area contributed by atoms with Gasteiger partial charge in [0.15, 0.2) is 0 Å². The van der Waals surface area contributed by atoms with Gasteiger partial charge in [-0.15, -0.1) is 0 Å². The van der Waals surface area contributed by atoms with Crippen LogP contribution in [0, 0.1) is 5.82 Å². The largest absolute Gasteiger partial charge is 0.305 e. The molecule has 0 spiro atoms. The van der Waals surface area contributed by atoms with Crippen LogP contribution >= 0.6 is 15.9 Å². The highest BCUT2D eigenvalue weighted by molar-refractivity contribution is 9.10. The molecular formula is C17H15BrFNO. The molecule has 2 nitrogen and oxygen atoms in total. The van der Waals surface area contributed by atoms with Crippen LogP contribution in [0.5, 0.6) is 0 Å². The van der Waals surface area contributed by atoms with Gasteiger partial charge in [-0.25, -0.2) is 4.39 Å². The summed E-state index contributed by atoms with van der Waals surface area (Å²) in [5, 5.41) is 0. The van der Waals surface area contributed by atoms with E-state index in [9.17, 15) is 9.18 Å². The minimum Gasteiger partial charge on any atom is -0.305 e. The van der Waals surface area contributed by atoms with Crippen molar-refractivity contribution in [1.82, 2.24) is 0 Å². The van der Waals surface area contributed by atoms with Crippen LogP contribution in [-0.2, 0) is 6.42 Å². The molecule has 4 heteroatoms. The molecule has 108 valence electrons. The molecule has 1 unspecified atom stereocenters. The second-order valence-electron chi connectivity index (χ2n) is 5.32. The zero-order valence-electron chi connectivity index (χ0n) is 11.6. The lowest BCUT2D eigenvalue weighted by Gasteiger charge is -2.35. The van der Waals surface area contributed by atoms with Gasteiger partial charge in [0.1, 0.15) is 5.82 Å². The van der Waals surface area contributed by atoms with E-state index in [2.05, 4.69) is 22.0 Å². The fourth-order valence-electron chi connectivity index (χ4n) is 2.77. The number of para-hydroxylation sites is 1. The summed E-state index contributed by atoms with van der Waals surface area (Å²) in [6, 6.07) is 12.5. The number of hydrogen-bond donors (Lipinski definition) is 0. The summed E-state index contributed by atoms with van der Waals surface area (Å²) in [6.45, 7) is 2.05. The fourth-order valence-corrected chi connectivity index (χ4v) is 3.14. The molecule has 1 aliphatic rings. The number of halogens is 2. The first-order valence-electron chi connectivity index (χ1n) is 6.94. The Balaban J connectivity index is 2.02. The molecule has 2 aromatic carbocycles. The van der Waals surface area contributed by atoms with Crippen molar-refractivity contribution in [1.29, 1.82) is 0 Å². The zero-order chi connectivity index (χ0) is 15.0. The summed E-state index contributed by atoms with van der Waals surface area (Å²) >= 11 is 3.14. The third-order valence-electron chi connectivity index (χ3n) is 3.91. The van der Waals surface area contributed by atoms with Crippen LogP contribution in [-0.4, -0.2) is 11.9 Å². The zero-order valence-corrected chi connectivity index (χ0v) is 13.2. The van der Waals surface area contributed by atoms with E-state index < -0.39 is 0 Å². The van der Waals surface area contributed by atoms with Gasteiger partial charge in [0.25, 0.3) is 5.91 Å². The summed E-state index contributed by atoms with van der Waals surface area (Å²) < 4.78 is 13.7. The lowest BCUT2D eigenvalue weighted by molar-refractivity contribution is 0.0975. The number of carbonyl (C=O) groups is 1. The van der Waals surface area contributed by atoms with Gasteiger partial charge in [-0.05, 0) is 65.5 Å². The SMILES string of the molecule is CC1CCc2ccccc2N1C(=O)c1ccc(F)c(Br)c1. The molecule has 0 aliphatic carbocycles. The van der Waals surface area contributed by atoms with Gasteiger partial charge >= 0.3 is 0 Å². The number of carbonyl (C=O) groups excluding carboxylic acids is 1. The third kappa shape index (κ3) is 2.60. The summed E-state index contributed by atoms with van der Waals surface area (Å²) in [5.41, 5.74) is 2.64. The van der Waals surface area contributed by atoms with Gasteiger partial charge in [0.2, 0.25) is 0 Å². The van der Waals surface area contributed by atoms with Gasteiger partial charge < -0.3 is 4.90 Å². The number of rotatable bonds is 1. The Morgan fingerprint density at radius 2 is 2.05 bits per heavy atom. The van der Waals surface area contributed by atoms with E-state index in [1.165, 1.54) is 17.7 Å². The highest BCUT2D eigenvalue weighted by atomic mass is 79.9. The standard InChI is InChI=1S/C17H15BrFNO/c1-11-6-7-12-4-2-3-5-16(12)20(11)17(21)13-8-9-15(19)14(18)10-13/h2-5,8-11H,6-7H2,1H3. The van der Waals surface area contributed by atoms with Crippen molar-refractivity contribution in [3.8, 4) is 0 Å². The van der Waals surface area contributed by atoms with Crippen LogP contribution in [0.3, 0.4) is 0 Å². The van der Waals surface area contributed by atoms with Crippen molar-refractivity contribution in [2.24, 2.45) is 0 Å². The quantitative estimate of drug-likeness (QED) is 0.739. The van der Waals surface area contributed by atoms with Gasteiger partial charge in [0, 0.05) is 17.3 Å². The Hall–Kier alpha value is -1.68. The van der Waals surface area contributed by atoms with Crippen LogP contribution in [0.15, 0.2) is 46.9 Å². The molecule has 0 N–H and O–H groups in total. The van der Waals surface area contributed by atoms with Crippen molar-refractivity contribution >= 4 is 27.5 Å². The maximum absolute atomic E-state index is 13.3. The Kier molecular flexibility index (Phi) is 3.81. The minimum absolute atomic E-state index is 0.0876. The molecule has 0 saturated carbocycles. The summed E-state index contributed by atoms with van der Waals surface area (Å²) in [5.74, 6) is -0.450. The summed E-state index contributed by atoms with van der Waals surface area (Å²) in [6.07, 6.45) is 1.92. The van der Waals surface area contributed by atoms with Gasteiger partial charge in [0.05, 0.1) is 4.47 Å². The number of amides is 1. The number of nitrogens with zero attached hydrogens (tertiary/aromatic N) is 1. The molecule has 21 heavy (non-hydrogen) atoms. The van der Waals surface area contributed by atoms with Gasteiger partial charge in [-0.1, -0.05) is 18.2 Å². The van der Waals surface area contributed by atoms with E-state index in [-0.39, 0.29) is 17.8 Å². The van der Waals surface area contributed by atoms with Crippen LogP contribution in [0.4, 0.5) is 10.1 Å². The number of aryl methyl sites for hydroxylation is 1.